The summed E-state index contributed by atoms with van der Waals surface area (Å²) in [6.45, 7) is 2.30. The smallest absolute Gasteiger partial charge is 0.0414 e. The van der Waals surface area contributed by atoms with E-state index in [1.165, 1.54) is 161 Å². The van der Waals surface area contributed by atoms with Crippen molar-refractivity contribution in [2.75, 3.05) is 0 Å². The minimum Gasteiger partial charge on any atom is -0.550 e. The standard InChI is InChI=1S/C30H60O2.H3N/c1-2-3-4-5-6-7-8-9-10-11-12-13-14-15-16-17-18-19-20-21-22-23-24-25-26-27-28-29-30(31)32;/h2-29H2,1H3,(H,31,32);1H3. The summed E-state index contributed by atoms with van der Waals surface area (Å²) in [4.78, 5) is 10.3. The number of carboxylic acids is 1. The number of carbonyl (C=O) groups is 1. The van der Waals surface area contributed by atoms with E-state index in [4.69, 9.17) is 0 Å². The Balaban J connectivity index is 0. The molecule has 0 aliphatic heterocycles. The van der Waals surface area contributed by atoms with E-state index in [-0.39, 0.29) is 12.6 Å². The number of carboxylic acid groups (broad SMARTS) is 1. The number of carbonyl (C=O) groups excluding carboxylic acids is 1. The summed E-state index contributed by atoms with van der Waals surface area (Å²) in [5.41, 5.74) is 0. The molecule has 3 heteroatoms. The third-order valence-corrected chi connectivity index (χ3v) is 6.98. The van der Waals surface area contributed by atoms with E-state index in [0.717, 1.165) is 12.8 Å². The Morgan fingerprint density at radius 3 is 0.758 bits per heavy atom. The quantitative estimate of drug-likeness (QED) is 0.116. The van der Waals surface area contributed by atoms with E-state index in [1.54, 1.807) is 0 Å². The number of hydrogen-bond donors (Lipinski definition) is 1. The summed E-state index contributed by atoms with van der Waals surface area (Å²) in [6.07, 6.45) is 37.6. The van der Waals surface area contributed by atoms with Crippen LogP contribution in [0, 0.1) is 0 Å². The Morgan fingerprint density at radius 2 is 0.576 bits per heavy atom. The molecule has 4 N–H and O–H groups in total. The Kier molecular flexibility index (Phi) is 33.0. The topological polar surface area (TPSA) is 76.6 Å². The molecule has 0 amide bonds. The fraction of sp³-hybridized carbons (Fsp3) is 0.967. The summed E-state index contributed by atoms with van der Waals surface area (Å²) in [5.74, 6) is -0.899. The van der Waals surface area contributed by atoms with Crippen LogP contribution in [0.5, 0.6) is 0 Å². The molecule has 0 heterocycles. The first-order chi connectivity index (χ1) is 15.8. The highest BCUT2D eigenvalue weighted by molar-refractivity contribution is 5.63. The van der Waals surface area contributed by atoms with E-state index in [1.807, 2.05) is 0 Å². The Morgan fingerprint density at radius 1 is 0.394 bits per heavy atom. The number of hydrogen-bond acceptors (Lipinski definition) is 2. The number of rotatable bonds is 28. The van der Waals surface area contributed by atoms with Crippen molar-refractivity contribution < 1.29 is 9.90 Å². The van der Waals surface area contributed by atoms with Crippen molar-refractivity contribution in [1.82, 2.24) is 6.15 Å². The first-order valence-electron chi connectivity index (χ1n) is 15.0. The minimum atomic E-state index is -0.899. The van der Waals surface area contributed by atoms with Gasteiger partial charge in [0.25, 0.3) is 0 Å². The monoisotopic (exact) mass is 469 g/mol. The summed E-state index contributed by atoms with van der Waals surface area (Å²) in [5, 5.41) is 10.3. The maximum atomic E-state index is 10.3. The molecule has 200 valence electrons. The molecular weight excluding hydrogens is 406 g/mol. The lowest BCUT2D eigenvalue weighted by Crippen LogP contribution is -2.21. The lowest BCUT2D eigenvalue weighted by Gasteiger charge is -2.04. The lowest BCUT2D eigenvalue weighted by atomic mass is 10.0. The van der Waals surface area contributed by atoms with E-state index >= 15 is 0 Å². The SMILES string of the molecule is CCCCCCCCCCCCCCCCCCCCCCCCCCCCCC(=O)[O-].[NH4+]. The molecule has 0 rings (SSSR count). The van der Waals surface area contributed by atoms with Crippen LogP contribution in [0.2, 0.25) is 0 Å². The van der Waals surface area contributed by atoms with Gasteiger partial charge in [0.15, 0.2) is 0 Å². The van der Waals surface area contributed by atoms with Gasteiger partial charge in [-0.3, -0.25) is 0 Å². The van der Waals surface area contributed by atoms with Crippen LogP contribution in [-0.2, 0) is 4.79 Å². The zero-order valence-corrected chi connectivity index (χ0v) is 23.1. The van der Waals surface area contributed by atoms with E-state index in [2.05, 4.69) is 6.92 Å². The molecule has 0 unspecified atom stereocenters. The normalized spacial score (nSPS) is 10.9. The van der Waals surface area contributed by atoms with Crippen molar-refractivity contribution in [3.05, 3.63) is 0 Å². The summed E-state index contributed by atoms with van der Waals surface area (Å²) in [6, 6.07) is 0. The van der Waals surface area contributed by atoms with Gasteiger partial charge in [0.2, 0.25) is 0 Å². The van der Waals surface area contributed by atoms with Crippen LogP contribution >= 0.6 is 0 Å². The highest BCUT2D eigenvalue weighted by Gasteiger charge is 1.96. The van der Waals surface area contributed by atoms with Crippen LogP contribution in [0.1, 0.15) is 187 Å². The van der Waals surface area contributed by atoms with Crippen LogP contribution in [0.3, 0.4) is 0 Å². The van der Waals surface area contributed by atoms with Gasteiger partial charge in [-0.05, 0) is 12.8 Å². The van der Waals surface area contributed by atoms with Crippen molar-refractivity contribution in [1.29, 1.82) is 0 Å². The molecule has 0 atom stereocenters. The predicted octanol–water partition coefficient (Wildman–Crippen LogP) is 10.1. The Labute approximate surface area is 208 Å². The van der Waals surface area contributed by atoms with Gasteiger partial charge in [-0.2, -0.15) is 0 Å². The zero-order chi connectivity index (χ0) is 23.4. The van der Waals surface area contributed by atoms with Gasteiger partial charge in [0.05, 0.1) is 0 Å². The molecule has 3 nitrogen and oxygen atoms in total. The average molecular weight is 470 g/mol. The number of quaternary nitrogens is 1. The number of unbranched alkanes of at least 4 members (excludes halogenated alkanes) is 26. The molecule has 0 saturated carbocycles. The summed E-state index contributed by atoms with van der Waals surface area (Å²) in [7, 11) is 0. The fourth-order valence-corrected chi connectivity index (χ4v) is 4.76. The van der Waals surface area contributed by atoms with Crippen molar-refractivity contribution in [2.45, 2.75) is 187 Å². The fourth-order valence-electron chi connectivity index (χ4n) is 4.76. The maximum Gasteiger partial charge on any atom is 0.0414 e. The molecule has 0 aliphatic rings. The second-order valence-corrected chi connectivity index (χ2v) is 10.3. The Hall–Kier alpha value is -0.570. The zero-order valence-electron chi connectivity index (χ0n) is 23.1. The summed E-state index contributed by atoms with van der Waals surface area (Å²) >= 11 is 0. The van der Waals surface area contributed by atoms with Crippen LogP contribution in [-0.4, -0.2) is 5.97 Å². The molecule has 0 aromatic carbocycles. The van der Waals surface area contributed by atoms with E-state index in [0.29, 0.717) is 0 Å². The lowest BCUT2D eigenvalue weighted by molar-refractivity contribution is -0.305. The van der Waals surface area contributed by atoms with Gasteiger partial charge in [-0.25, -0.2) is 0 Å². The van der Waals surface area contributed by atoms with Gasteiger partial charge in [0.1, 0.15) is 0 Å². The minimum absolute atomic E-state index is 0. The molecule has 0 aliphatic carbocycles. The van der Waals surface area contributed by atoms with Gasteiger partial charge >= 0.3 is 0 Å². The van der Waals surface area contributed by atoms with Gasteiger partial charge in [0, 0.05) is 5.97 Å². The Bertz CT molecular complexity index is 359. The van der Waals surface area contributed by atoms with Gasteiger partial charge in [-0.1, -0.05) is 174 Å². The van der Waals surface area contributed by atoms with Crippen LogP contribution in [0.25, 0.3) is 0 Å². The molecule has 0 saturated heterocycles. The molecule has 0 bridgehead atoms. The molecule has 0 aromatic rings. The van der Waals surface area contributed by atoms with Crippen LogP contribution in [0.15, 0.2) is 0 Å². The van der Waals surface area contributed by atoms with Gasteiger partial charge < -0.3 is 16.1 Å². The molecule has 33 heavy (non-hydrogen) atoms. The molecule has 0 spiro atoms. The maximum absolute atomic E-state index is 10.3. The van der Waals surface area contributed by atoms with Crippen LogP contribution < -0.4 is 11.3 Å². The van der Waals surface area contributed by atoms with E-state index < -0.39 is 5.97 Å². The third kappa shape index (κ3) is 33.7. The second kappa shape index (κ2) is 31.4. The molecule has 0 aromatic heterocycles. The highest BCUT2D eigenvalue weighted by Crippen LogP contribution is 2.16. The third-order valence-electron chi connectivity index (χ3n) is 6.98. The largest absolute Gasteiger partial charge is 0.550 e. The summed E-state index contributed by atoms with van der Waals surface area (Å²) < 4.78 is 0. The van der Waals surface area contributed by atoms with Crippen LogP contribution in [0.4, 0.5) is 0 Å². The average Bonchev–Trinajstić information content (AvgIpc) is 2.78. The second-order valence-electron chi connectivity index (χ2n) is 10.3. The van der Waals surface area contributed by atoms with Gasteiger partial charge in [-0.15, -0.1) is 0 Å². The molecular formula is C30H63NO2. The van der Waals surface area contributed by atoms with Crippen molar-refractivity contribution in [3.8, 4) is 0 Å². The molecule has 0 fully saturated rings. The first-order valence-corrected chi connectivity index (χ1v) is 15.0. The molecule has 0 radical (unpaired) electrons. The van der Waals surface area contributed by atoms with Crippen molar-refractivity contribution in [2.24, 2.45) is 0 Å². The van der Waals surface area contributed by atoms with Crippen molar-refractivity contribution >= 4 is 5.97 Å². The number of aliphatic carboxylic acids is 1. The van der Waals surface area contributed by atoms with E-state index in [9.17, 15) is 9.90 Å². The van der Waals surface area contributed by atoms with Crippen molar-refractivity contribution in [3.63, 3.8) is 0 Å². The first kappa shape index (κ1) is 34.6. The highest BCUT2D eigenvalue weighted by atomic mass is 16.4. The predicted molar refractivity (Wildman–Crippen MR) is 146 cm³/mol.